The van der Waals surface area contributed by atoms with Gasteiger partial charge in [-0.15, -0.1) is 0 Å². The number of pyridine rings is 1. The normalized spacial score (nSPS) is 13.1. The number of aryl methyl sites for hydroxylation is 1. The van der Waals surface area contributed by atoms with Gasteiger partial charge in [0, 0.05) is 11.3 Å². The number of fused-ring (bicyclic) bond motifs is 1. The quantitative estimate of drug-likeness (QED) is 0.752. The van der Waals surface area contributed by atoms with E-state index in [1.807, 2.05) is 0 Å². The molecule has 3 N–H and O–H groups in total. The van der Waals surface area contributed by atoms with Crippen molar-refractivity contribution in [2.75, 3.05) is 0 Å². The zero-order chi connectivity index (χ0) is 11.9. The smallest absolute Gasteiger partial charge is 0.134 e. The Morgan fingerprint density at radius 3 is 2.81 bits per heavy atom. The van der Waals surface area contributed by atoms with E-state index in [0.29, 0.717) is 11.2 Å². The molecule has 0 radical (unpaired) electrons. The second-order valence-corrected chi connectivity index (χ2v) is 3.88. The Bertz CT molecular complexity index is 557. The molecule has 2 rings (SSSR count). The Balaban J connectivity index is 2.91. The first-order valence-electron chi connectivity index (χ1n) is 4.70. The van der Waals surface area contributed by atoms with E-state index in [1.54, 1.807) is 19.1 Å². The van der Waals surface area contributed by atoms with Crippen LogP contribution in [0.4, 0.5) is 4.39 Å². The number of benzene rings is 1. The molecule has 0 aliphatic heterocycles. The Labute approximate surface area is 96.7 Å². The highest BCUT2D eigenvalue weighted by molar-refractivity contribution is 6.36. The highest BCUT2D eigenvalue weighted by Crippen LogP contribution is 2.32. The van der Waals surface area contributed by atoms with Gasteiger partial charge < -0.3 is 10.8 Å². The molecule has 0 bridgehead atoms. The van der Waals surface area contributed by atoms with Gasteiger partial charge in [0.2, 0.25) is 0 Å². The van der Waals surface area contributed by atoms with E-state index in [9.17, 15) is 9.50 Å². The average molecular weight is 241 g/mol. The number of aliphatic hydroxyl groups is 1. The van der Waals surface area contributed by atoms with Gasteiger partial charge in [-0.2, -0.15) is 0 Å². The summed E-state index contributed by atoms with van der Waals surface area (Å²) in [5.41, 5.74) is 6.58. The SMILES string of the molecule is Cc1nc2cccc(F)c2c(Cl)c1C(N)O. The van der Waals surface area contributed by atoms with Gasteiger partial charge in [-0.05, 0) is 19.1 Å². The van der Waals surface area contributed by atoms with Crippen molar-refractivity contribution < 1.29 is 9.50 Å². The van der Waals surface area contributed by atoms with Gasteiger partial charge in [0.15, 0.2) is 0 Å². The van der Waals surface area contributed by atoms with Crippen LogP contribution in [0.2, 0.25) is 5.02 Å². The topological polar surface area (TPSA) is 59.1 Å². The lowest BCUT2D eigenvalue weighted by atomic mass is 10.1. The summed E-state index contributed by atoms with van der Waals surface area (Å²) in [6.45, 7) is 1.67. The van der Waals surface area contributed by atoms with Gasteiger partial charge in [-0.25, -0.2) is 4.39 Å². The molecular weight excluding hydrogens is 231 g/mol. The largest absolute Gasteiger partial charge is 0.374 e. The van der Waals surface area contributed by atoms with Gasteiger partial charge in [-0.1, -0.05) is 17.7 Å². The van der Waals surface area contributed by atoms with Crippen LogP contribution in [-0.2, 0) is 0 Å². The summed E-state index contributed by atoms with van der Waals surface area (Å²) in [6, 6.07) is 4.50. The minimum absolute atomic E-state index is 0.121. The first-order chi connectivity index (χ1) is 7.52. The van der Waals surface area contributed by atoms with Crippen LogP contribution in [-0.4, -0.2) is 10.1 Å². The van der Waals surface area contributed by atoms with Gasteiger partial charge in [0.1, 0.15) is 12.0 Å². The maximum atomic E-state index is 13.6. The van der Waals surface area contributed by atoms with Crippen molar-refractivity contribution in [3.8, 4) is 0 Å². The molecule has 0 amide bonds. The molecule has 3 nitrogen and oxygen atoms in total. The number of halogens is 2. The zero-order valence-corrected chi connectivity index (χ0v) is 9.29. The molecule has 0 spiro atoms. The third-order valence-corrected chi connectivity index (χ3v) is 2.81. The van der Waals surface area contributed by atoms with Crippen molar-refractivity contribution in [1.82, 2.24) is 4.98 Å². The monoisotopic (exact) mass is 240 g/mol. The van der Waals surface area contributed by atoms with Crippen LogP contribution in [0, 0.1) is 12.7 Å². The van der Waals surface area contributed by atoms with Crippen LogP contribution in [0.25, 0.3) is 10.9 Å². The molecule has 0 fully saturated rings. The van der Waals surface area contributed by atoms with E-state index in [0.717, 1.165) is 0 Å². The van der Waals surface area contributed by atoms with E-state index in [2.05, 4.69) is 4.98 Å². The highest BCUT2D eigenvalue weighted by atomic mass is 35.5. The third-order valence-electron chi connectivity index (χ3n) is 2.42. The zero-order valence-electron chi connectivity index (χ0n) is 8.54. The van der Waals surface area contributed by atoms with Crippen molar-refractivity contribution in [3.63, 3.8) is 0 Å². The molecule has 16 heavy (non-hydrogen) atoms. The van der Waals surface area contributed by atoms with Crippen molar-refractivity contribution in [2.45, 2.75) is 13.2 Å². The van der Waals surface area contributed by atoms with Crippen molar-refractivity contribution in [2.24, 2.45) is 5.73 Å². The summed E-state index contributed by atoms with van der Waals surface area (Å²) < 4.78 is 13.6. The van der Waals surface area contributed by atoms with E-state index in [-0.39, 0.29) is 16.0 Å². The minimum atomic E-state index is -1.26. The van der Waals surface area contributed by atoms with Crippen LogP contribution in [0.5, 0.6) is 0 Å². The molecule has 1 aromatic carbocycles. The number of aromatic nitrogens is 1. The van der Waals surface area contributed by atoms with Crippen LogP contribution < -0.4 is 5.73 Å². The number of nitrogens with zero attached hydrogens (tertiary/aromatic N) is 1. The predicted octanol–water partition coefficient (Wildman–Crippen LogP) is 2.29. The lowest BCUT2D eigenvalue weighted by Gasteiger charge is -2.13. The molecule has 0 saturated carbocycles. The molecule has 1 aromatic heterocycles. The predicted molar refractivity (Wildman–Crippen MR) is 60.6 cm³/mol. The molecule has 1 heterocycles. The van der Waals surface area contributed by atoms with Crippen molar-refractivity contribution >= 4 is 22.5 Å². The van der Waals surface area contributed by atoms with Gasteiger partial charge in [0.25, 0.3) is 0 Å². The Kier molecular flexibility index (Phi) is 2.80. The third kappa shape index (κ3) is 1.65. The summed E-state index contributed by atoms with van der Waals surface area (Å²) in [6.07, 6.45) is -1.26. The standard InChI is InChI=1S/C11H10ClFN2O/c1-5-8(11(14)16)10(12)9-6(13)3-2-4-7(9)15-5/h2-4,11,16H,14H2,1H3. The van der Waals surface area contributed by atoms with Crippen LogP contribution in [0.1, 0.15) is 17.5 Å². The van der Waals surface area contributed by atoms with E-state index in [1.165, 1.54) is 6.07 Å². The lowest BCUT2D eigenvalue weighted by Crippen LogP contribution is -2.12. The van der Waals surface area contributed by atoms with E-state index in [4.69, 9.17) is 17.3 Å². The molecule has 1 atom stereocenters. The maximum Gasteiger partial charge on any atom is 0.134 e. The number of nitrogens with two attached hydrogens (primary N) is 1. The van der Waals surface area contributed by atoms with Crippen LogP contribution in [0.3, 0.4) is 0 Å². The number of hydrogen-bond donors (Lipinski definition) is 2. The second-order valence-electron chi connectivity index (χ2n) is 3.50. The average Bonchev–Trinajstić information content (AvgIpc) is 2.15. The highest BCUT2D eigenvalue weighted by Gasteiger charge is 2.17. The fourth-order valence-corrected chi connectivity index (χ4v) is 2.14. The number of aliphatic hydroxyl groups excluding tert-OH is 1. The Morgan fingerprint density at radius 2 is 2.19 bits per heavy atom. The number of hydrogen-bond acceptors (Lipinski definition) is 3. The fraction of sp³-hybridized carbons (Fsp3) is 0.182. The van der Waals surface area contributed by atoms with Gasteiger partial charge in [-0.3, -0.25) is 4.98 Å². The molecule has 0 aliphatic carbocycles. The second kappa shape index (κ2) is 3.97. The summed E-state index contributed by atoms with van der Waals surface area (Å²) in [5, 5.41) is 9.68. The molecule has 5 heteroatoms. The summed E-state index contributed by atoms with van der Waals surface area (Å²) in [4.78, 5) is 4.15. The first-order valence-corrected chi connectivity index (χ1v) is 5.08. The first kappa shape index (κ1) is 11.3. The molecule has 2 aromatic rings. The Hall–Kier alpha value is -1.23. The summed E-state index contributed by atoms with van der Waals surface area (Å²) >= 11 is 6.03. The van der Waals surface area contributed by atoms with E-state index >= 15 is 0 Å². The van der Waals surface area contributed by atoms with Crippen molar-refractivity contribution in [1.29, 1.82) is 0 Å². The molecular formula is C11H10ClFN2O. The van der Waals surface area contributed by atoms with Crippen LogP contribution >= 0.6 is 11.6 Å². The van der Waals surface area contributed by atoms with Gasteiger partial charge in [0.05, 0.1) is 15.9 Å². The summed E-state index contributed by atoms with van der Waals surface area (Å²) in [5.74, 6) is -0.475. The summed E-state index contributed by atoms with van der Waals surface area (Å²) in [7, 11) is 0. The maximum absolute atomic E-state index is 13.6. The minimum Gasteiger partial charge on any atom is -0.374 e. The molecule has 84 valence electrons. The van der Waals surface area contributed by atoms with E-state index < -0.39 is 12.0 Å². The Morgan fingerprint density at radius 1 is 1.50 bits per heavy atom. The van der Waals surface area contributed by atoms with Gasteiger partial charge >= 0.3 is 0 Å². The van der Waals surface area contributed by atoms with Crippen LogP contribution in [0.15, 0.2) is 18.2 Å². The molecule has 0 saturated heterocycles. The lowest BCUT2D eigenvalue weighted by molar-refractivity contribution is 0.185. The number of rotatable bonds is 1. The van der Waals surface area contributed by atoms with Crippen molar-refractivity contribution in [3.05, 3.63) is 40.3 Å². The fourth-order valence-electron chi connectivity index (χ4n) is 1.70. The molecule has 0 aliphatic rings. The molecule has 1 unspecified atom stereocenters.